The number of rotatable bonds is 12. The molecule has 0 aromatic rings. The van der Waals surface area contributed by atoms with E-state index in [0.29, 0.717) is 0 Å². The third-order valence-electron chi connectivity index (χ3n) is 2.49. The van der Waals surface area contributed by atoms with Gasteiger partial charge in [-0.3, -0.25) is 0 Å². The van der Waals surface area contributed by atoms with Crippen molar-refractivity contribution >= 4 is 23.2 Å². The summed E-state index contributed by atoms with van der Waals surface area (Å²) in [6.07, 6.45) is 25.0. The van der Waals surface area contributed by atoms with Crippen molar-refractivity contribution < 1.29 is 0 Å². The molecule has 0 aromatic carbocycles. The average Bonchev–Trinajstić information content (AvgIpc) is 2.43. The zero-order valence-electron chi connectivity index (χ0n) is 11.7. The van der Waals surface area contributed by atoms with Crippen molar-refractivity contribution in [2.75, 3.05) is 11.8 Å². The molecule has 0 nitrogen and oxygen atoms in total. The molecule has 0 amide bonds. The molecule has 0 heterocycles. The molecule has 0 saturated heterocycles. The number of hydrogen-bond donors (Lipinski definition) is 0. The van der Waals surface area contributed by atoms with Crippen LogP contribution in [-0.4, -0.2) is 11.8 Å². The van der Waals surface area contributed by atoms with Gasteiger partial charge in [-0.15, -0.1) is 23.2 Å². The predicted molar refractivity (Wildman–Crippen MR) is 90.3 cm³/mol. The van der Waals surface area contributed by atoms with Gasteiger partial charge in [0.05, 0.1) is 0 Å². The number of halogens is 2. The second kappa shape index (κ2) is 17.5. The molecule has 0 saturated carbocycles. The predicted octanol–water partition coefficient (Wildman–Crippen LogP) is 6.42. The number of unbranched alkanes of at least 4 members (excludes halogenated alkanes) is 2. The summed E-state index contributed by atoms with van der Waals surface area (Å²) in [4.78, 5) is 0. The Bertz CT molecular complexity index is 247. The lowest BCUT2D eigenvalue weighted by Gasteiger charge is -1.87. The number of allylic oxidation sites excluding steroid dienone is 8. The second-order valence-corrected chi connectivity index (χ2v) is 5.01. The minimum atomic E-state index is 0.755. The Kier molecular flexibility index (Phi) is 17.1. The van der Waals surface area contributed by atoms with Crippen LogP contribution in [0.25, 0.3) is 0 Å². The maximum atomic E-state index is 5.59. The van der Waals surface area contributed by atoms with Gasteiger partial charge < -0.3 is 0 Å². The summed E-state index contributed by atoms with van der Waals surface area (Å²) in [5.41, 5.74) is 0. The fraction of sp³-hybridized carbons (Fsp3) is 0.529. The molecule has 19 heavy (non-hydrogen) atoms. The molecule has 0 aliphatic rings. The third kappa shape index (κ3) is 17.5. The van der Waals surface area contributed by atoms with Gasteiger partial charge in [-0.25, -0.2) is 0 Å². The van der Waals surface area contributed by atoms with E-state index in [-0.39, 0.29) is 0 Å². The monoisotopic (exact) mass is 300 g/mol. The highest BCUT2D eigenvalue weighted by Gasteiger charge is 1.79. The van der Waals surface area contributed by atoms with Crippen LogP contribution < -0.4 is 0 Å². The highest BCUT2D eigenvalue weighted by atomic mass is 35.5. The molecular formula is C17H26Cl2. The molecule has 0 aromatic heterocycles. The van der Waals surface area contributed by atoms with Crippen LogP contribution in [0.3, 0.4) is 0 Å². The quantitative estimate of drug-likeness (QED) is 0.222. The molecule has 0 aliphatic heterocycles. The first-order valence-electron chi connectivity index (χ1n) is 7.13. The van der Waals surface area contributed by atoms with E-state index >= 15 is 0 Å². The molecule has 0 fully saturated rings. The first-order valence-corrected chi connectivity index (χ1v) is 8.20. The van der Waals surface area contributed by atoms with Crippen molar-refractivity contribution in [1.29, 1.82) is 0 Å². The molecule has 108 valence electrons. The van der Waals surface area contributed by atoms with E-state index in [2.05, 4.69) is 48.6 Å². The van der Waals surface area contributed by atoms with Crippen LogP contribution in [0.5, 0.6) is 0 Å². The largest absolute Gasteiger partial charge is 0.127 e. The fourth-order valence-corrected chi connectivity index (χ4v) is 1.75. The Hall–Kier alpha value is -0.460. The Balaban J connectivity index is 3.36. The Morgan fingerprint density at radius 3 is 1.11 bits per heavy atom. The van der Waals surface area contributed by atoms with E-state index in [9.17, 15) is 0 Å². The van der Waals surface area contributed by atoms with Gasteiger partial charge in [0.1, 0.15) is 0 Å². The Morgan fingerprint density at radius 1 is 0.474 bits per heavy atom. The van der Waals surface area contributed by atoms with E-state index in [0.717, 1.165) is 56.7 Å². The minimum Gasteiger partial charge on any atom is -0.127 e. The summed E-state index contributed by atoms with van der Waals surface area (Å²) in [5.74, 6) is 1.51. The van der Waals surface area contributed by atoms with Crippen LogP contribution in [0.15, 0.2) is 48.6 Å². The van der Waals surface area contributed by atoms with Gasteiger partial charge in [-0.2, -0.15) is 0 Å². The van der Waals surface area contributed by atoms with E-state index in [4.69, 9.17) is 23.2 Å². The lowest BCUT2D eigenvalue weighted by Crippen LogP contribution is -1.70. The summed E-state index contributed by atoms with van der Waals surface area (Å²) in [6, 6.07) is 0. The van der Waals surface area contributed by atoms with E-state index in [1.54, 1.807) is 0 Å². The second-order valence-electron chi connectivity index (χ2n) is 4.26. The Labute approximate surface area is 128 Å². The summed E-state index contributed by atoms with van der Waals surface area (Å²) >= 11 is 11.2. The Morgan fingerprint density at radius 2 is 0.789 bits per heavy atom. The van der Waals surface area contributed by atoms with E-state index < -0.39 is 0 Å². The molecule has 0 atom stereocenters. The van der Waals surface area contributed by atoms with Gasteiger partial charge in [0.2, 0.25) is 0 Å². The van der Waals surface area contributed by atoms with Crippen molar-refractivity contribution in [3.05, 3.63) is 48.6 Å². The van der Waals surface area contributed by atoms with Crippen LogP contribution in [-0.2, 0) is 0 Å². The van der Waals surface area contributed by atoms with Gasteiger partial charge in [-0.05, 0) is 44.9 Å². The fourth-order valence-electron chi connectivity index (χ4n) is 1.44. The van der Waals surface area contributed by atoms with Crippen molar-refractivity contribution in [2.24, 2.45) is 0 Å². The lowest BCUT2D eigenvalue weighted by atomic mass is 10.2. The van der Waals surface area contributed by atoms with Gasteiger partial charge in [0, 0.05) is 11.8 Å². The zero-order chi connectivity index (χ0) is 14.0. The maximum Gasteiger partial charge on any atom is 0.0226 e. The number of alkyl halides is 2. The third-order valence-corrected chi connectivity index (χ3v) is 3.03. The minimum absolute atomic E-state index is 0.755. The summed E-state index contributed by atoms with van der Waals surface area (Å²) in [6.45, 7) is 0. The summed E-state index contributed by atoms with van der Waals surface area (Å²) in [5, 5.41) is 0. The maximum absolute atomic E-state index is 5.59. The van der Waals surface area contributed by atoms with Crippen LogP contribution in [0.2, 0.25) is 0 Å². The SMILES string of the molecule is ClCCC/C=C\C/C=C\C/C=C\C/C=C\CCCCl. The van der Waals surface area contributed by atoms with Crippen LogP contribution in [0, 0.1) is 0 Å². The van der Waals surface area contributed by atoms with Crippen LogP contribution >= 0.6 is 23.2 Å². The molecule has 0 N–H and O–H groups in total. The molecule has 0 spiro atoms. The molecular weight excluding hydrogens is 275 g/mol. The summed E-state index contributed by atoms with van der Waals surface area (Å²) < 4.78 is 0. The standard InChI is InChI=1S/C17H26Cl2/c18-16-14-12-10-8-6-4-2-1-3-5-7-9-11-13-15-17-19/h2-5,8-11H,1,6-7,12-17H2/b4-2-,5-3-,10-8-,11-9-. The molecule has 0 aliphatic carbocycles. The topological polar surface area (TPSA) is 0 Å². The normalized spacial score (nSPS) is 12.7. The molecule has 0 rings (SSSR count). The smallest absolute Gasteiger partial charge is 0.0226 e. The lowest BCUT2D eigenvalue weighted by molar-refractivity contribution is 0.962. The average molecular weight is 301 g/mol. The highest BCUT2D eigenvalue weighted by Crippen LogP contribution is 1.98. The first kappa shape index (κ1) is 18.5. The van der Waals surface area contributed by atoms with Crippen molar-refractivity contribution in [3.8, 4) is 0 Å². The highest BCUT2D eigenvalue weighted by molar-refractivity contribution is 6.18. The van der Waals surface area contributed by atoms with E-state index in [1.807, 2.05) is 0 Å². The molecule has 0 unspecified atom stereocenters. The van der Waals surface area contributed by atoms with Crippen molar-refractivity contribution in [3.63, 3.8) is 0 Å². The van der Waals surface area contributed by atoms with Crippen LogP contribution in [0.4, 0.5) is 0 Å². The van der Waals surface area contributed by atoms with Gasteiger partial charge in [0.25, 0.3) is 0 Å². The van der Waals surface area contributed by atoms with Crippen LogP contribution in [0.1, 0.15) is 44.9 Å². The first-order chi connectivity index (χ1) is 9.41. The molecule has 0 radical (unpaired) electrons. The van der Waals surface area contributed by atoms with Crippen molar-refractivity contribution in [2.45, 2.75) is 44.9 Å². The van der Waals surface area contributed by atoms with Gasteiger partial charge >= 0.3 is 0 Å². The van der Waals surface area contributed by atoms with Gasteiger partial charge in [-0.1, -0.05) is 48.6 Å². The molecule has 0 bridgehead atoms. The summed E-state index contributed by atoms with van der Waals surface area (Å²) in [7, 11) is 0. The van der Waals surface area contributed by atoms with Crippen molar-refractivity contribution in [1.82, 2.24) is 0 Å². The van der Waals surface area contributed by atoms with E-state index in [1.165, 1.54) is 0 Å². The number of hydrogen-bond acceptors (Lipinski definition) is 0. The van der Waals surface area contributed by atoms with Gasteiger partial charge in [0.15, 0.2) is 0 Å². The molecule has 2 heteroatoms. The zero-order valence-corrected chi connectivity index (χ0v) is 13.3.